The molecule has 2 aromatic heterocycles. The van der Waals surface area contributed by atoms with Crippen molar-refractivity contribution >= 4 is 0 Å². The van der Waals surface area contributed by atoms with Crippen molar-refractivity contribution < 1.29 is 21.1 Å². The van der Waals surface area contributed by atoms with Crippen LogP contribution in [0, 0.1) is 12.1 Å². The molecule has 4 aromatic rings. The van der Waals surface area contributed by atoms with Gasteiger partial charge in [-0.3, -0.25) is 4.68 Å². The van der Waals surface area contributed by atoms with Crippen molar-refractivity contribution in [2.24, 2.45) is 0 Å². The van der Waals surface area contributed by atoms with Crippen LogP contribution in [0.3, 0.4) is 0 Å². The summed E-state index contributed by atoms with van der Waals surface area (Å²) in [7, 11) is 0. The number of nitrogens with zero attached hydrogens (tertiary/aromatic N) is 5. The van der Waals surface area contributed by atoms with Gasteiger partial charge in [-0.2, -0.15) is 62.1 Å². The van der Waals surface area contributed by atoms with E-state index in [1.807, 2.05) is 29.2 Å². The number of hydrogen-bond donors (Lipinski definition) is 0. The second kappa shape index (κ2) is 7.52. The standard InChI is InChI=1S/C26H27N5.Pt/c1-24(2)18-9-7-12-21(15-18)31-27-17-23(29-31)26(5,6)25(3,4)19-10-8-11-20(16-19)30-14-13-22(24)28-30;/h7-14,17H,1-6H3;/q-2;+2. The van der Waals surface area contributed by atoms with E-state index in [1.54, 1.807) is 4.80 Å². The maximum atomic E-state index is 4.93. The molecule has 6 heteroatoms. The van der Waals surface area contributed by atoms with Crippen LogP contribution in [0.2, 0.25) is 0 Å². The molecule has 0 aliphatic carbocycles. The van der Waals surface area contributed by atoms with Gasteiger partial charge >= 0.3 is 21.1 Å². The molecule has 166 valence electrons. The SMILES string of the molecule is CC1(C)c2[c-]c(ccc2)-n2ncc(n2)C(C)(C)C(C)(C)c2[c-]c(ccc2)-n2ccc1n2.[Pt+2]. The summed E-state index contributed by atoms with van der Waals surface area (Å²) in [6.07, 6.45) is 3.89. The fraction of sp³-hybridized carbons (Fsp3) is 0.346. The van der Waals surface area contributed by atoms with E-state index < -0.39 is 0 Å². The van der Waals surface area contributed by atoms with Gasteiger partial charge in [-0.1, -0.05) is 41.5 Å². The van der Waals surface area contributed by atoms with Crippen LogP contribution in [-0.4, -0.2) is 24.8 Å². The van der Waals surface area contributed by atoms with Gasteiger partial charge in [0.1, 0.15) is 0 Å². The van der Waals surface area contributed by atoms with Gasteiger partial charge in [0.25, 0.3) is 0 Å². The Morgan fingerprint density at radius 2 is 1.38 bits per heavy atom. The van der Waals surface area contributed by atoms with Crippen LogP contribution in [0.25, 0.3) is 11.4 Å². The average molecular weight is 605 g/mol. The number of rotatable bonds is 0. The smallest absolute Gasteiger partial charge is 0.265 e. The summed E-state index contributed by atoms with van der Waals surface area (Å²) < 4.78 is 1.92. The van der Waals surface area contributed by atoms with E-state index in [0.29, 0.717) is 0 Å². The third kappa shape index (κ3) is 3.29. The van der Waals surface area contributed by atoms with Crippen molar-refractivity contribution in [3.05, 3.63) is 89.5 Å². The first kappa shape index (κ1) is 22.7. The van der Waals surface area contributed by atoms with Gasteiger partial charge in [0.05, 0.1) is 17.6 Å². The average Bonchev–Trinajstić information content (AvgIpc) is 3.44. The normalized spacial score (nSPS) is 17.6. The van der Waals surface area contributed by atoms with Gasteiger partial charge in [-0.15, -0.1) is 17.7 Å². The largest absolute Gasteiger partial charge is 2.00 e. The zero-order valence-corrected chi connectivity index (χ0v) is 21.5. The fourth-order valence-corrected chi connectivity index (χ4v) is 4.14. The van der Waals surface area contributed by atoms with Gasteiger partial charge < -0.3 is 0 Å². The molecule has 5 nitrogen and oxygen atoms in total. The van der Waals surface area contributed by atoms with Gasteiger partial charge in [0.2, 0.25) is 0 Å². The van der Waals surface area contributed by atoms with Gasteiger partial charge in [-0.05, 0) is 22.9 Å². The predicted molar refractivity (Wildman–Crippen MR) is 121 cm³/mol. The van der Waals surface area contributed by atoms with E-state index in [0.717, 1.165) is 33.9 Å². The van der Waals surface area contributed by atoms with Crippen molar-refractivity contribution in [1.82, 2.24) is 24.8 Å². The Morgan fingerprint density at radius 1 is 0.719 bits per heavy atom. The minimum atomic E-state index is -0.326. The Hall–Kier alpha value is -2.52. The Bertz CT molecular complexity index is 1280. The molecule has 0 saturated heterocycles. The van der Waals surface area contributed by atoms with Gasteiger partial charge in [-0.25, -0.2) is 0 Å². The topological polar surface area (TPSA) is 48.5 Å². The Kier molecular flexibility index (Phi) is 5.33. The molecule has 32 heavy (non-hydrogen) atoms. The molecule has 5 rings (SSSR count). The first-order chi connectivity index (χ1) is 14.6. The molecule has 0 fully saturated rings. The second-order valence-electron chi connectivity index (χ2n) is 9.94. The first-order valence-electron chi connectivity index (χ1n) is 10.7. The predicted octanol–water partition coefficient (Wildman–Crippen LogP) is 4.95. The van der Waals surface area contributed by atoms with E-state index in [9.17, 15) is 0 Å². The molecule has 2 aromatic carbocycles. The minimum absolute atomic E-state index is 0. The van der Waals surface area contributed by atoms with Gasteiger partial charge in [0, 0.05) is 17.0 Å². The molecule has 0 saturated carbocycles. The monoisotopic (exact) mass is 604 g/mol. The van der Waals surface area contributed by atoms with Crippen molar-refractivity contribution in [1.29, 1.82) is 0 Å². The summed E-state index contributed by atoms with van der Waals surface area (Å²) >= 11 is 0. The second-order valence-corrected chi connectivity index (χ2v) is 9.94. The summed E-state index contributed by atoms with van der Waals surface area (Å²) in [6.45, 7) is 13.3. The van der Waals surface area contributed by atoms with E-state index in [1.165, 1.54) is 0 Å². The van der Waals surface area contributed by atoms with Crippen LogP contribution in [0.15, 0.2) is 54.9 Å². The minimum Gasteiger partial charge on any atom is -0.265 e. The molecule has 1 aliphatic rings. The molecule has 1 aliphatic heterocycles. The molecule has 3 heterocycles. The molecular weight excluding hydrogens is 577 g/mol. The van der Waals surface area contributed by atoms with Crippen molar-refractivity contribution in [2.45, 2.75) is 57.8 Å². The van der Waals surface area contributed by atoms with Crippen molar-refractivity contribution in [3.63, 3.8) is 0 Å². The maximum Gasteiger partial charge on any atom is 2.00 e. The summed E-state index contributed by atoms with van der Waals surface area (Å²) in [5, 5.41) is 14.4. The first-order valence-corrected chi connectivity index (χ1v) is 10.7. The third-order valence-electron chi connectivity index (χ3n) is 7.29. The number of fused-ring (bicyclic) bond motifs is 10. The third-order valence-corrected chi connectivity index (χ3v) is 7.29. The number of benzene rings is 2. The Labute approximate surface area is 204 Å². The molecular formula is C26H27N5Pt. The summed E-state index contributed by atoms with van der Waals surface area (Å²) in [4.78, 5) is 1.69. The Balaban J connectivity index is 0.00000245. The van der Waals surface area contributed by atoms with E-state index in [-0.39, 0.29) is 37.3 Å². The zero-order chi connectivity index (χ0) is 22.0. The number of hydrogen-bond acceptors (Lipinski definition) is 3. The summed E-state index contributed by atoms with van der Waals surface area (Å²) in [6, 6.07) is 21.6. The number of aromatic nitrogens is 5. The molecule has 0 unspecified atom stereocenters. The van der Waals surface area contributed by atoms with Gasteiger partial charge in [0.15, 0.2) is 0 Å². The molecule has 0 N–H and O–H groups in total. The Morgan fingerprint density at radius 3 is 2.12 bits per heavy atom. The van der Waals surface area contributed by atoms with Crippen LogP contribution in [0.4, 0.5) is 0 Å². The molecule has 0 atom stereocenters. The fourth-order valence-electron chi connectivity index (χ4n) is 4.14. The van der Waals surface area contributed by atoms with Crippen LogP contribution in [0.5, 0.6) is 0 Å². The van der Waals surface area contributed by atoms with Crippen molar-refractivity contribution in [3.8, 4) is 11.4 Å². The molecule has 0 spiro atoms. The molecule has 8 bridgehead atoms. The molecule has 0 radical (unpaired) electrons. The molecule has 0 amide bonds. The maximum absolute atomic E-state index is 4.93. The van der Waals surface area contributed by atoms with E-state index >= 15 is 0 Å². The van der Waals surface area contributed by atoms with E-state index in [2.05, 4.69) is 89.1 Å². The van der Waals surface area contributed by atoms with Crippen LogP contribution in [0.1, 0.15) is 64.1 Å². The zero-order valence-electron chi connectivity index (χ0n) is 19.2. The van der Waals surface area contributed by atoms with Crippen LogP contribution >= 0.6 is 0 Å². The van der Waals surface area contributed by atoms with Crippen LogP contribution in [-0.2, 0) is 37.3 Å². The van der Waals surface area contributed by atoms with E-state index in [4.69, 9.17) is 10.2 Å². The van der Waals surface area contributed by atoms with Crippen LogP contribution < -0.4 is 0 Å². The summed E-state index contributed by atoms with van der Waals surface area (Å²) in [5.74, 6) is 0. The summed E-state index contributed by atoms with van der Waals surface area (Å²) in [5.41, 5.74) is 4.97. The quantitative estimate of drug-likeness (QED) is 0.267. The van der Waals surface area contributed by atoms with Crippen molar-refractivity contribution in [2.75, 3.05) is 0 Å².